The van der Waals surface area contributed by atoms with E-state index in [0.29, 0.717) is 0 Å². The fourth-order valence-electron chi connectivity index (χ4n) is 1.75. The van der Waals surface area contributed by atoms with Crippen molar-refractivity contribution in [1.29, 1.82) is 0 Å². The zero-order chi connectivity index (χ0) is 13.4. The Morgan fingerprint density at radius 3 is 2.56 bits per heavy atom. The Morgan fingerprint density at radius 1 is 1.28 bits per heavy atom. The van der Waals surface area contributed by atoms with Gasteiger partial charge in [0, 0.05) is 0 Å². The van der Waals surface area contributed by atoms with Crippen molar-refractivity contribution in [1.82, 2.24) is 5.32 Å². The number of ether oxygens (including phenoxy) is 2. The quantitative estimate of drug-likeness (QED) is 0.750. The van der Waals surface area contributed by atoms with Gasteiger partial charge < -0.3 is 14.8 Å². The average molecular weight is 247 g/mol. The molecule has 1 aromatic rings. The Bertz CT molecular complexity index is 409. The molecule has 0 bridgehead atoms. The van der Waals surface area contributed by atoms with Gasteiger partial charge in [0.05, 0.1) is 20.3 Å². The van der Waals surface area contributed by atoms with E-state index in [1.165, 1.54) is 0 Å². The zero-order valence-electron chi connectivity index (χ0n) is 11.3. The van der Waals surface area contributed by atoms with Gasteiger partial charge >= 0.3 is 0 Å². The van der Waals surface area contributed by atoms with Crippen LogP contribution in [0.5, 0.6) is 11.5 Å². The third kappa shape index (κ3) is 3.97. The highest BCUT2D eigenvalue weighted by Crippen LogP contribution is 2.27. The normalized spacial score (nSPS) is 11.7. The number of terminal acetylenes is 1. The van der Waals surface area contributed by atoms with Gasteiger partial charge in [0.15, 0.2) is 11.5 Å². The van der Waals surface area contributed by atoms with Crippen molar-refractivity contribution in [3.63, 3.8) is 0 Å². The number of rotatable bonds is 7. The van der Waals surface area contributed by atoms with Crippen molar-refractivity contribution in [2.75, 3.05) is 20.8 Å². The van der Waals surface area contributed by atoms with E-state index in [4.69, 9.17) is 15.9 Å². The summed E-state index contributed by atoms with van der Waals surface area (Å²) in [5, 5.41) is 3.33. The maximum atomic E-state index is 5.52. The largest absolute Gasteiger partial charge is 0.493 e. The minimum Gasteiger partial charge on any atom is -0.493 e. The van der Waals surface area contributed by atoms with Crippen LogP contribution >= 0.6 is 0 Å². The summed E-state index contributed by atoms with van der Waals surface area (Å²) >= 11 is 0. The molecule has 1 N–H and O–H groups in total. The summed E-state index contributed by atoms with van der Waals surface area (Å²) in [7, 11) is 3.26. The van der Waals surface area contributed by atoms with Crippen molar-refractivity contribution in [2.24, 2.45) is 0 Å². The lowest BCUT2D eigenvalue weighted by atomic mass is 10.1. The molecule has 1 atom stereocenters. The molecule has 0 aliphatic heterocycles. The lowest BCUT2D eigenvalue weighted by Gasteiger charge is -2.14. The molecule has 98 valence electrons. The second-order valence-electron chi connectivity index (χ2n) is 4.07. The highest BCUT2D eigenvalue weighted by atomic mass is 16.5. The van der Waals surface area contributed by atoms with Crippen LogP contribution in [0.15, 0.2) is 18.2 Å². The molecule has 0 radical (unpaired) electrons. The molecular formula is C15H21NO2. The Hall–Kier alpha value is -1.66. The number of hydrogen-bond donors (Lipinski definition) is 1. The lowest BCUT2D eigenvalue weighted by Crippen LogP contribution is -2.30. The summed E-state index contributed by atoms with van der Waals surface area (Å²) in [6.07, 6.45) is 7.38. The molecule has 1 rings (SSSR count). The van der Waals surface area contributed by atoms with Gasteiger partial charge in [-0.3, -0.25) is 0 Å². The Morgan fingerprint density at radius 2 is 2.00 bits per heavy atom. The summed E-state index contributed by atoms with van der Waals surface area (Å²) in [5.74, 6) is 4.24. The van der Waals surface area contributed by atoms with Crippen LogP contribution in [0.25, 0.3) is 0 Å². The molecule has 0 saturated carbocycles. The second-order valence-corrected chi connectivity index (χ2v) is 4.07. The van der Waals surface area contributed by atoms with E-state index in [0.717, 1.165) is 36.4 Å². The number of hydrogen-bond acceptors (Lipinski definition) is 3. The van der Waals surface area contributed by atoms with Gasteiger partial charge in [-0.05, 0) is 37.1 Å². The summed E-state index contributed by atoms with van der Waals surface area (Å²) < 4.78 is 10.5. The molecule has 0 heterocycles. The minimum atomic E-state index is 0.0584. The smallest absolute Gasteiger partial charge is 0.160 e. The van der Waals surface area contributed by atoms with Crippen LogP contribution in [0.3, 0.4) is 0 Å². The highest BCUT2D eigenvalue weighted by molar-refractivity contribution is 5.43. The van der Waals surface area contributed by atoms with Crippen molar-refractivity contribution in [3.05, 3.63) is 23.8 Å². The first-order chi connectivity index (χ1) is 8.74. The maximum Gasteiger partial charge on any atom is 0.160 e. The molecule has 0 aliphatic carbocycles. The van der Waals surface area contributed by atoms with E-state index in [9.17, 15) is 0 Å². The zero-order valence-corrected chi connectivity index (χ0v) is 11.3. The van der Waals surface area contributed by atoms with E-state index in [1.807, 2.05) is 18.2 Å². The van der Waals surface area contributed by atoms with E-state index < -0.39 is 0 Å². The van der Waals surface area contributed by atoms with Crippen LogP contribution in [-0.2, 0) is 6.42 Å². The summed E-state index contributed by atoms with van der Waals surface area (Å²) in [6.45, 7) is 3.05. The Balaban J connectivity index is 2.75. The fourth-order valence-corrected chi connectivity index (χ4v) is 1.75. The van der Waals surface area contributed by atoms with E-state index in [2.05, 4.69) is 18.2 Å². The molecule has 0 aliphatic rings. The molecule has 0 aromatic heterocycles. The van der Waals surface area contributed by atoms with Gasteiger partial charge in [-0.2, -0.15) is 0 Å². The predicted molar refractivity (Wildman–Crippen MR) is 74.2 cm³/mol. The second kappa shape index (κ2) is 7.62. The standard InChI is InChI=1S/C15H21NO2/c1-5-9-16-13(6-2)10-12-7-8-14(17-3)15(11-12)18-4/h2,7-8,11,13,16H,5,9-10H2,1,3-4H3. The lowest BCUT2D eigenvalue weighted by molar-refractivity contribution is 0.354. The SMILES string of the molecule is C#CC(Cc1ccc(OC)c(OC)c1)NCCC. The van der Waals surface area contributed by atoms with E-state index in [-0.39, 0.29) is 6.04 Å². The summed E-state index contributed by atoms with van der Waals surface area (Å²) in [6, 6.07) is 5.94. The molecule has 0 saturated heterocycles. The number of benzene rings is 1. The van der Waals surface area contributed by atoms with Crippen LogP contribution < -0.4 is 14.8 Å². The van der Waals surface area contributed by atoms with Crippen molar-refractivity contribution in [3.8, 4) is 23.8 Å². The topological polar surface area (TPSA) is 30.5 Å². The van der Waals surface area contributed by atoms with Gasteiger partial charge in [-0.25, -0.2) is 0 Å². The third-order valence-corrected chi connectivity index (χ3v) is 2.73. The Labute approximate surface area is 109 Å². The summed E-state index contributed by atoms with van der Waals surface area (Å²) in [4.78, 5) is 0. The van der Waals surface area contributed by atoms with Gasteiger partial charge in [0.1, 0.15) is 0 Å². The van der Waals surface area contributed by atoms with Gasteiger partial charge in [-0.15, -0.1) is 6.42 Å². The fraction of sp³-hybridized carbons (Fsp3) is 0.467. The molecule has 3 heteroatoms. The van der Waals surface area contributed by atoms with Crippen molar-refractivity contribution in [2.45, 2.75) is 25.8 Å². The molecule has 1 aromatic carbocycles. The van der Waals surface area contributed by atoms with E-state index >= 15 is 0 Å². The molecule has 1 unspecified atom stereocenters. The molecular weight excluding hydrogens is 226 g/mol. The molecule has 0 amide bonds. The van der Waals surface area contributed by atoms with Gasteiger partial charge in [0.25, 0.3) is 0 Å². The van der Waals surface area contributed by atoms with Crippen molar-refractivity contribution < 1.29 is 9.47 Å². The van der Waals surface area contributed by atoms with Crippen LogP contribution in [0.1, 0.15) is 18.9 Å². The first-order valence-electron chi connectivity index (χ1n) is 6.15. The Kier molecular flexibility index (Phi) is 6.10. The van der Waals surface area contributed by atoms with E-state index in [1.54, 1.807) is 14.2 Å². The number of methoxy groups -OCH3 is 2. The van der Waals surface area contributed by atoms with Crippen LogP contribution in [-0.4, -0.2) is 26.8 Å². The van der Waals surface area contributed by atoms with Gasteiger partial charge in [-0.1, -0.05) is 18.9 Å². The average Bonchev–Trinajstić information content (AvgIpc) is 2.43. The van der Waals surface area contributed by atoms with Crippen molar-refractivity contribution >= 4 is 0 Å². The molecule has 0 fully saturated rings. The molecule has 18 heavy (non-hydrogen) atoms. The molecule has 3 nitrogen and oxygen atoms in total. The minimum absolute atomic E-state index is 0.0584. The number of nitrogens with one attached hydrogen (secondary N) is 1. The third-order valence-electron chi connectivity index (χ3n) is 2.73. The first kappa shape index (κ1) is 14.4. The van der Waals surface area contributed by atoms with Gasteiger partial charge in [0.2, 0.25) is 0 Å². The maximum absolute atomic E-state index is 5.52. The highest BCUT2D eigenvalue weighted by Gasteiger charge is 2.08. The molecule has 0 spiro atoms. The summed E-state index contributed by atoms with van der Waals surface area (Å²) in [5.41, 5.74) is 1.14. The van der Waals surface area contributed by atoms with Crippen LogP contribution in [0, 0.1) is 12.3 Å². The van der Waals surface area contributed by atoms with Crippen LogP contribution in [0.4, 0.5) is 0 Å². The predicted octanol–water partition coefficient (Wildman–Crippen LogP) is 2.25. The monoisotopic (exact) mass is 247 g/mol. The first-order valence-corrected chi connectivity index (χ1v) is 6.15. The van der Waals surface area contributed by atoms with Crippen LogP contribution in [0.2, 0.25) is 0 Å².